The van der Waals surface area contributed by atoms with Crippen molar-refractivity contribution in [2.75, 3.05) is 0 Å². The Morgan fingerprint density at radius 1 is 1.33 bits per heavy atom. The first-order valence-corrected chi connectivity index (χ1v) is 4.11. The van der Waals surface area contributed by atoms with Crippen LogP contribution >= 0.6 is 0 Å². The molecule has 0 aromatic carbocycles. The standard InChI is InChI=1S/C10H13NO/c1-8(2)10(7-12)9-3-5-11-6-4-9/h3-8,10H,1-2H3. The lowest BCUT2D eigenvalue weighted by Crippen LogP contribution is -2.07. The molecule has 0 aliphatic carbocycles. The molecule has 2 heteroatoms. The van der Waals surface area contributed by atoms with Gasteiger partial charge in [-0.05, 0) is 23.6 Å². The van der Waals surface area contributed by atoms with Gasteiger partial charge in [0.1, 0.15) is 6.29 Å². The van der Waals surface area contributed by atoms with Crippen molar-refractivity contribution >= 4 is 6.29 Å². The first-order valence-electron chi connectivity index (χ1n) is 4.11. The van der Waals surface area contributed by atoms with Crippen LogP contribution in [-0.4, -0.2) is 11.3 Å². The van der Waals surface area contributed by atoms with Gasteiger partial charge in [-0.1, -0.05) is 13.8 Å². The van der Waals surface area contributed by atoms with Crippen molar-refractivity contribution in [3.63, 3.8) is 0 Å². The summed E-state index contributed by atoms with van der Waals surface area (Å²) in [7, 11) is 0. The minimum absolute atomic E-state index is 0.00741. The summed E-state index contributed by atoms with van der Waals surface area (Å²) in [5.74, 6) is 0.359. The van der Waals surface area contributed by atoms with Gasteiger partial charge in [0, 0.05) is 18.3 Å². The third-order valence-corrected chi connectivity index (χ3v) is 1.96. The van der Waals surface area contributed by atoms with Crippen LogP contribution in [0, 0.1) is 5.92 Å². The summed E-state index contributed by atoms with van der Waals surface area (Å²) in [4.78, 5) is 14.6. The Hall–Kier alpha value is -1.18. The SMILES string of the molecule is CC(C)C(C=O)c1ccncc1. The van der Waals surface area contributed by atoms with Gasteiger partial charge in [-0.3, -0.25) is 4.98 Å². The number of pyridine rings is 1. The van der Waals surface area contributed by atoms with Crippen molar-refractivity contribution in [3.05, 3.63) is 30.1 Å². The third-order valence-electron chi connectivity index (χ3n) is 1.96. The highest BCUT2D eigenvalue weighted by Crippen LogP contribution is 2.20. The molecule has 0 aliphatic heterocycles. The fourth-order valence-electron chi connectivity index (χ4n) is 1.21. The molecule has 12 heavy (non-hydrogen) atoms. The monoisotopic (exact) mass is 163 g/mol. The van der Waals surface area contributed by atoms with E-state index in [1.165, 1.54) is 0 Å². The molecule has 1 aromatic heterocycles. The van der Waals surface area contributed by atoms with E-state index in [2.05, 4.69) is 4.98 Å². The molecule has 1 heterocycles. The topological polar surface area (TPSA) is 30.0 Å². The van der Waals surface area contributed by atoms with Gasteiger partial charge >= 0.3 is 0 Å². The maximum atomic E-state index is 10.7. The quantitative estimate of drug-likeness (QED) is 0.638. The number of carbonyl (C=O) groups is 1. The Balaban J connectivity index is 2.88. The summed E-state index contributed by atoms with van der Waals surface area (Å²) < 4.78 is 0. The summed E-state index contributed by atoms with van der Waals surface area (Å²) in [5.41, 5.74) is 1.05. The molecule has 0 bridgehead atoms. The van der Waals surface area contributed by atoms with Gasteiger partial charge in [-0.2, -0.15) is 0 Å². The molecule has 64 valence electrons. The first-order chi connectivity index (χ1) is 5.75. The average Bonchev–Trinajstić information content (AvgIpc) is 2.07. The second-order valence-corrected chi connectivity index (χ2v) is 3.19. The van der Waals surface area contributed by atoms with E-state index in [-0.39, 0.29) is 5.92 Å². The van der Waals surface area contributed by atoms with Crippen LogP contribution in [0.5, 0.6) is 0 Å². The summed E-state index contributed by atoms with van der Waals surface area (Å²) in [6.07, 6.45) is 4.43. The highest BCUT2D eigenvalue weighted by atomic mass is 16.1. The van der Waals surface area contributed by atoms with E-state index in [9.17, 15) is 4.79 Å². The predicted molar refractivity (Wildman–Crippen MR) is 47.9 cm³/mol. The fraction of sp³-hybridized carbons (Fsp3) is 0.400. The lowest BCUT2D eigenvalue weighted by molar-refractivity contribution is -0.109. The molecule has 0 aliphatic rings. The van der Waals surface area contributed by atoms with Crippen LogP contribution in [0.15, 0.2) is 24.5 Å². The molecule has 2 nitrogen and oxygen atoms in total. The molecule has 0 radical (unpaired) electrons. The van der Waals surface area contributed by atoms with E-state index >= 15 is 0 Å². The number of aldehydes is 1. The van der Waals surface area contributed by atoms with Crippen LogP contribution in [0.3, 0.4) is 0 Å². The molecule has 0 amide bonds. The van der Waals surface area contributed by atoms with Crippen LogP contribution in [0.25, 0.3) is 0 Å². The smallest absolute Gasteiger partial charge is 0.127 e. The summed E-state index contributed by atoms with van der Waals surface area (Å²) in [6.45, 7) is 4.08. The number of carbonyl (C=O) groups excluding carboxylic acids is 1. The van der Waals surface area contributed by atoms with Crippen LogP contribution in [0.2, 0.25) is 0 Å². The van der Waals surface area contributed by atoms with Crippen molar-refractivity contribution in [3.8, 4) is 0 Å². The molecule has 1 aromatic rings. The molecular weight excluding hydrogens is 150 g/mol. The minimum atomic E-state index is 0.00741. The minimum Gasteiger partial charge on any atom is -0.303 e. The van der Waals surface area contributed by atoms with Crippen molar-refractivity contribution in [2.24, 2.45) is 5.92 Å². The Morgan fingerprint density at radius 3 is 2.33 bits per heavy atom. The van der Waals surface area contributed by atoms with Gasteiger partial charge in [0.15, 0.2) is 0 Å². The van der Waals surface area contributed by atoms with Gasteiger partial charge in [0.25, 0.3) is 0 Å². The predicted octanol–water partition coefficient (Wildman–Crippen LogP) is 2.02. The number of rotatable bonds is 3. The van der Waals surface area contributed by atoms with E-state index < -0.39 is 0 Å². The maximum absolute atomic E-state index is 10.7. The lowest BCUT2D eigenvalue weighted by atomic mass is 9.91. The Bertz CT molecular complexity index is 243. The summed E-state index contributed by atoms with van der Waals surface area (Å²) >= 11 is 0. The van der Waals surface area contributed by atoms with Crippen LogP contribution in [0.1, 0.15) is 25.3 Å². The van der Waals surface area contributed by atoms with E-state index in [4.69, 9.17) is 0 Å². The first kappa shape index (κ1) is 8.91. The normalized spacial score (nSPS) is 12.9. The molecule has 0 fully saturated rings. The highest BCUT2D eigenvalue weighted by Gasteiger charge is 2.13. The van der Waals surface area contributed by atoms with E-state index in [0.717, 1.165) is 11.8 Å². The van der Waals surface area contributed by atoms with Crippen LogP contribution < -0.4 is 0 Å². The Morgan fingerprint density at radius 2 is 1.92 bits per heavy atom. The largest absolute Gasteiger partial charge is 0.303 e. The number of nitrogens with zero attached hydrogens (tertiary/aromatic N) is 1. The van der Waals surface area contributed by atoms with Gasteiger partial charge in [0.05, 0.1) is 0 Å². The van der Waals surface area contributed by atoms with E-state index in [0.29, 0.717) is 5.92 Å². The van der Waals surface area contributed by atoms with Crippen molar-refractivity contribution < 1.29 is 4.79 Å². The van der Waals surface area contributed by atoms with Crippen molar-refractivity contribution in [1.29, 1.82) is 0 Å². The fourth-order valence-corrected chi connectivity index (χ4v) is 1.21. The summed E-state index contributed by atoms with van der Waals surface area (Å²) in [6, 6.07) is 3.78. The molecular formula is C10H13NO. The van der Waals surface area contributed by atoms with E-state index in [1.807, 2.05) is 26.0 Å². The maximum Gasteiger partial charge on any atom is 0.127 e. The molecule has 0 saturated heterocycles. The zero-order chi connectivity index (χ0) is 8.97. The van der Waals surface area contributed by atoms with Gasteiger partial charge in [-0.15, -0.1) is 0 Å². The molecule has 0 N–H and O–H groups in total. The van der Waals surface area contributed by atoms with E-state index in [1.54, 1.807) is 12.4 Å². The zero-order valence-electron chi connectivity index (χ0n) is 7.40. The van der Waals surface area contributed by atoms with Crippen LogP contribution in [-0.2, 0) is 4.79 Å². The molecule has 0 saturated carbocycles. The number of hydrogen-bond donors (Lipinski definition) is 0. The Labute approximate surface area is 72.6 Å². The van der Waals surface area contributed by atoms with Gasteiger partial charge in [0.2, 0.25) is 0 Å². The molecule has 1 rings (SSSR count). The van der Waals surface area contributed by atoms with Gasteiger partial charge in [-0.25, -0.2) is 0 Å². The van der Waals surface area contributed by atoms with Crippen molar-refractivity contribution in [2.45, 2.75) is 19.8 Å². The zero-order valence-corrected chi connectivity index (χ0v) is 7.40. The highest BCUT2D eigenvalue weighted by molar-refractivity contribution is 5.62. The molecule has 1 atom stereocenters. The average molecular weight is 163 g/mol. The number of hydrogen-bond acceptors (Lipinski definition) is 2. The second kappa shape index (κ2) is 4.00. The third kappa shape index (κ3) is 1.91. The number of aromatic nitrogens is 1. The Kier molecular flexibility index (Phi) is 2.97. The van der Waals surface area contributed by atoms with Crippen LogP contribution in [0.4, 0.5) is 0 Å². The lowest BCUT2D eigenvalue weighted by Gasteiger charge is -2.13. The molecule has 0 spiro atoms. The van der Waals surface area contributed by atoms with Gasteiger partial charge < -0.3 is 4.79 Å². The van der Waals surface area contributed by atoms with Crippen molar-refractivity contribution in [1.82, 2.24) is 4.98 Å². The second-order valence-electron chi connectivity index (χ2n) is 3.19. The molecule has 1 unspecified atom stereocenters. The summed E-state index contributed by atoms with van der Waals surface area (Å²) in [5, 5.41) is 0.